The second kappa shape index (κ2) is 6.02. The molecule has 1 amide bonds. The number of aromatic nitrogens is 1. The molecule has 3 rings (SSSR count). The number of benzene rings is 1. The van der Waals surface area contributed by atoms with E-state index in [2.05, 4.69) is 4.99 Å². The zero-order valence-electron chi connectivity index (χ0n) is 12.3. The van der Waals surface area contributed by atoms with E-state index in [9.17, 15) is 18.0 Å². The van der Waals surface area contributed by atoms with Crippen molar-refractivity contribution >= 4 is 5.91 Å². The SMILES string of the molecule is O=C(/N=c1/ccccn1CC1CC1)c1cccc(C(F)(F)F)c1. The highest BCUT2D eigenvalue weighted by molar-refractivity contribution is 5.95. The number of nitrogens with zero attached hydrogens (tertiary/aromatic N) is 2. The van der Waals surface area contributed by atoms with Gasteiger partial charge in [-0.2, -0.15) is 18.2 Å². The van der Waals surface area contributed by atoms with Gasteiger partial charge in [0, 0.05) is 18.3 Å². The summed E-state index contributed by atoms with van der Waals surface area (Å²) in [6.45, 7) is 0.773. The lowest BCUT2D eigenvalue weighted by molar-refractivity contribution is -0.137. The molecule has 0 atom stereocenters. The van der Waals surface area contributed by atoms with Gasteiger partial charge in [0.15, 0.2) is 0 Å². The van der Waals surface area contributed by atoms with Crippen LogP contribution in [0.25, 0.3) is 0 Å². The number of carbonyl (C=O) groups excluding carboxylic acids is 1. The molecular formula is C17H15F3N2O. The highest BCUT2D eigenvalue weighted by Crippen LogP contribution is 2.30. The average Bonchev–Trinajstić information content (AvgIpc) is 3.32. The van der Waals surface area contributed by atoms with Crippen molar-refractivity contribution in [3.63, 3.8) is 0 Å². The van der Waals surface area contributed by atoms with Crippen LogP contribution in [0.3, 0.4) is 0 Å². The number of halogens is 3. The standard InChI is InChI=1S/C17H15F3N2O/c18-17(19,20)14-5-3-4-13(10-14)16(23)21-15-6-1-2-9-22(15)11-12-7-8-12/h1-6,9-10,12H,7-8,11H2/b21-15-. The van der Waals surface area contributed by atoms with E-state index in [4.69, 9.17) is 0 Å². The van der Waals surface area contributed by atoms with Crippen molar-refractivity contribution in [3.05, 3.63) is 65.3 Å². The third kappa shape index (κ3) is 3.88. The van der Waals surface area contributed by atoms with Gasteiger partial charge in [0.25, 0.3) is 5.91 Å². The molecule has 2 aromatic rings. The van der Waals surface area contributed by atoms with E-state index in [-0.39, 0.29) is 5.56 Å². The first-order valence-electron chi connectivity index (χ1n) is 7.35. The highest BCUT2D eigenvalue weighted by Gasteiger charge is 2.30. The van der Waals surface area contributed by atoms with Crippen molar-refractivity contribution in [2.24, 2.45) is 10.9 Å². The third-order valence-electron chi connectivity index (χ3n) is 3.72. The van der Waals surface area contributed by atoms with Crippen LogP contribution in [0.15, 0.2) is 53.7 Å². The van der Waals surface area contributed by atoms with Gasteiger partial charge in [0.1, 0.15) is 5.49 Å². The number of carbonyl (C=O) groups is 1. The average molecular weight is 320 g/mol. The van der Waals surface area contributed by atoms with Crippen molar-refractivity contribution in [2.45, 2.75) is 25.6 Å². The topological polar surface area (TPSA) is 34.4 Å². The lowest BCUT2D eigenvalue weighted by atomic mass is 10.1. The van der Waals surface area contributed by atoms with Crippen LogP contribution in [0.2, 0.25) is 0 Å². The number of hydrogen-bond acceptors (Lipinski definition) is 1. The Labute approximate surface area is 131 Å². The molecule has 1 saturated carbocycles. The molecule has 1 fully saturated rings. The fourth-order valence-corrected chi connectivity index (χ4v) is 2.30. The maximum Gasteiger partial charge on any atom is 0.416 e. The molecule has 1 aliphatic rings. The number of pyridine rings is 1. The zero-order chi connectivity index (χ0) is 16.4. The molecule has 0 N–H and O–H groups in total. The van der Waals surface area contributed by atoms with Gasteiger partial charge in [-0.05, 0) is 49.1 Å². The summed E-state index contributed by atoms with van der Waals surface area (Å²) in [5, 5.41) is 0. The number of amides is 1. The Hall–Kier alpha value is -2.37. The number of alkyl halides is 3. The second-order valence-corrected chi connectivity index (χ2v) is 5.65. The minimum atomic E-state index is -4.48. The number of hydrogen-bond donors (Lipinski definition) is 0. The third-order valence-corrected chi connectivity index (χ3v) is 3.72. The molecule has 6 heteroatoms. The van der Waals surface area contributed by atoms with Gasteiger partial charge in [0.2, 0.25) is 0 Å². The van der Waals surface area contributed by atoms with Crippen LogP contribution in [0, 0.1) is 5.92 Å². The van der Waals surface area contributed by atoms with Crippen molar-refractivity contribution in [3.8, 4) is 0 Å². The fourth-order valence-electron chi connectivity index (χ4n) is 2.30. The Morgan fingerprint density at radius 3 is 2.65 bits per heavy atom. The van der Waals surface area contributed by atoms with E-state index in [1.54, 1.807) is 12.1 Å². The molecule has 1 heterocycles. The Balaban J connectivity index is 1.92. The predicted molar refractivity (Wildman–Crippen MR) is 78.5 cm³/mol. The molecule has 1 aromatic carbocycles. The van der Waals surface area contributed by atoms with E-state index in [0.29, 0.717) is 11.4 Å². The van der Waals surface area contributed by atoms with E-state index in [0.717, 1.165) is 31.5 Å². The first-order valence-corrected chi connectivity index (χ1v) is 7.35. The van der Waals surface area contributed by atoms with E-state index in [1.165, 1.54) is 12.1 Å². The summed E-state index contributed by atoms with van der Waals surface area (Å²) in [4.78, 5) is 16.2. The first kappa shape index (κ1) is 15.5. The van der Waals surface area contributed by atoms with Crippen LogP contribution >= 0.6 is 0 Å². The first-order chi connectivity index (χ1) is 10.9. The smallest absolute Gasteiger partial charge is 0.333 e. The van der Waals surface area contributed by atoms with Gasteiger partial charge in [-0.15, -0.1) is 0 Å². The van der Waals surface area contributed by atoms with Gasteiger partial charge in [0.05, 0.1) is 5.56 Å². The minimum Gasteiger partial charge on any atom is -0.333 e. The molecule has 3 nitrogen and oxygen atoms in total. The molecule has 0 unspecified atom stereocenters. The van der Waals surface area contributed by atoms with Gasteiger partial charge in [-0.3, -0.25) is 4.79 Å². The molecule has 0 aliphatic heterocycles. The summed E-state index contributed by atoms with van der Waals surface area (Å²) in [6, 6.07) is 9.61. The van der Waals surface area contributed by atoms with E-state index < -0.39 is 17.6 Å². The van der Waals surface area contributed by atoms with Crippen LogP contribution in [-0.2, 0) is 12.7 Å². The fraction of sp³-hybridized carbons (Fsp3) is 0.294. The van der Waals surface area contributed by atoms with Gasteiger partial charge in [-0.25, -0.2) is 0 Å². The molecule has 0 saturated heterocycles. The van der Waals surface area contributed by atoms with E-state index in [1.807, 2.05) is 16.8 Å². The maximum atomic E-state index is 12.7. The van der Waals surface area contributed by atoms with Gasteiger partial charge < -0.3 is 4.57 Å². The minimum absolute atomic E-state index is 0.0679. The van der Waals surface area contributed by atoms with E-state index >= 15 is 0 Å². The Kier molecular flexibility index (Phi) is 4.07. The second-order valence-electron chi connectivity index (χ2n) is 5.65. The molecule has 1 aliphatic carbocycles. The maximum absolute atomic E-state index is 12.7. The molecule has 1 aromatic heterocycles. The van der Waals surface area contributed by atoms with Crippen LogP contribution < -0.4 is 5.49 Å². The normalized spacial score (nSPS) is 15.7. The molecule has 23 heavy (non-hydrogen) atoms. The summed E-state index contributed by atoms with van der Waals surface area (Å²) in [6.07, 6.45) is -0.336. The summed E-state index contributed by atoms with van der Waals surface area (Å²) in [5.74, 6) is -0.0770. The Morgan fingerprint density at radius 1 is 1.17 bits per heavy atom. The summed E-state index contributed by atoms with van der Waals surface area (Å²) in [5.41, 5.74) is -0.457. The molecular weight excluding hydrogens is 305 g/mol. The lowest BCUT2D eigenvalue weighted by Gasteiger charge is -2.08. The van der Waals surface area contributed by atoms with Gasteiger partial charge in [-0.1, -0.05) is 12.1 Å². The summed E-state index contributed by atoms with van der Waals surface area (Å²) >= 11 is 0. The van der Waals surface area contributed by atoms with Crippen molar-refractivity contribution in [1.82, 2.24) is 4.57 Å². The molecule has 0 bridgehead atoms. The number of rotatable bonds is 3. The summed E-state index contributed by atoms with van der Waals surface area (Å²) < 4.78 is 40.0. The van der Waals surface area contributed by atoms with Crippen LogP contribution in [0.5, 0.6) is 0 Å². The Morgan fingerprint density at radius 2 is 1.96 bits per heavy atom. The van der Waals surface area contributed by atoms with Gasteiger partial charge >= 0.3 is 6.18 Å². The summed E-state index contributed by atoms with van der Waals surface area (Å²) in [7, 11) is 0. The van der Waals surface area contributed by atoms with Crippen LogP contribution in [0.4, 0.5) is 13.2 Å². The predicted octanol–water partition coefficient (Wildman–Crippen LogP) is 3.66. The zero-order valence-corrected chi connectivity index (χ0v) is 12.3. The van der Waals surface area contributed by atoms with Crippen molar-refractivity contribution in [2.75, 3.05) is 0 Å². The molecule has 0 spiro atoms. The van der Waals surface area contributed by atoms with Crippen molar-refractivity contribution < 1.29 is 18.0 Å². The largest absolute Gasteiger partial charge is 0.416 e. The van der Waals surface area contributed by atoms with Crippen molar-refractivity contribution in [1.29, 1.82) is 0 Å². The Bertz CT molecular complexity index is 789. The molecule has 120 valence electrons. The highest BCUT2D eigenvalue weighted by atomic mass is 19.4. The van der Waals surface area contributed by atoms with Crippen LogP contribution in [-0.4, -0.2) is 10.5 Å². The molecule has 0 radical (unpaired) electrons. The lowest BCUT2D eigenvalue weighted by Crippen LogP contribution is -2.22. The van der Waals surface area contributed by atoms with Crippen LogP contribution in [0.1, 0.15) is 28.8 Å². The monoisotopic (exact) mass is 320 g/mol. The quantitative estimate of drug-likeness (QED) is 0.850.